The molecule has 0 radical (unpaired) electrons. The lowest BCUT2D eigenvalue weighted by Crippen LogP contribution is -2.31. The average molecular weight is 861 g/mol. The lowest BCUT2D eigenvalue weighted by molar-refractivity contribution is 0.587. The van der Waals surface area contributed by atoms with E-state index in [1.165, 1.54) is 89.0 Å². The third kappa shape index (κ3) is 6.67. The number of hydrogen-bond donors (Lipinski definition) is 0. The van der Waals surface area contributed by atoms with Gasteiger partial charge < -0.3 is 9.80 Å². The smallest absolute Gasteiger partial charge is 0.137 e. The summed E-state index contributed by atoms with van der Waals surface area (Å²) in [5, 5.41) is 2.48. The molecule has 0 amide bonds. The number of rotatable bonds is 6. The van der Waals surface area contributed by atoms with Crippen LogP contribution in [0.2, 0.25) is 0 Å². The Bertz CT molecular complexity index is 3290. The highest BCUT2D eigenvalue weighted by Crippen LogP contribution is 2.58. The molecule has 4 nitrogen and oxygen atoms in total. The highest BCUT2D eigenvalue weighted by molar-refractivity contribution is 6.10. The normalized spacial score (nSPS) is 14.5. The summed E-state index contributed by atoms with van der Waals surface area (Å²) in [4.78, 5) is 10.2. The van der Waals surface area contributed by atoms with Gasteiger partial charge in [0.15, 0.2) is 0 Å². The summed E-state index contributed by atoms with van der Waals surface area (Å²) in [6, 6.07) is 64.4. The maximum atomic E-state index is 5.14. The second-order valence-corrected chi connectivity index (χ2v) is 21.8. The first-order valence-electron chi connectivity index (χ1n) is 23.7. The molecule has 0 saturated heterocycles. The molecule has 66 heavy (non-hydrogen) atoms. The van der Waals surface area contributed by atoms with Crippen LogP contribution in [-0.2, 0) is 28.2 Å². The van der Waals surface area contributed by atoms with Gasteiger partial charge in [-0.25, -0.2) is 4.98 Å². The molecular formula is C62H60N4. The summed E-state index contributed by atoms with van der Waals surface area (Å²) in [7, 11) is 0. The zero-order valence-corrected chi connectivity index (χ0v) is 39.9. The van der Waals surface area contributed by atoms with Gasteiger partial charge in [-0.1, -0.05) is 178 Å². The Kier molecular flexibility index (Phi) is 9.54. The van der Waals surface area contributed by atoms with E-state index in [4.69, 9.17) is 4.98 Å². The fourth-order valence-corrected chi connectivity index (χ4v) is 10.9. The van der Waals surface area contributed by atoms with Gasteiger partial charge in [-0.2, -0.15) is 0 Å². The molecule has 1 aliphatic heterocycles. The molecule has 2 aromatic heterocycles. The van der Waals surface area contributed by atoms with Crippen molar-refractivity contribution in [2.75, 3.05) is 16.5 Å². The maximum absolute atomic E-state index is 5.14. The predicted octanol–water partition coefficient (Wildman–Crippen LogP) is 15.6. The number of pyridine rings is 1. The van der Waals surface area contributed by atoms with Crippen molar-refractivity contribution >= 4 is 38.9 Å². The van der Waals surface area contributed by atoms with Crippen molar-refractivity contribution in [3.63, 3.8) is 0 Å². The fourth-order valence-electron chi connectivity index (χ4n) is 10.9. The van der Waals surface area contributed by atoms with Crippen LogP contribution in [0.4, 0.5) is 17.1 Å². The lowest BCUT2D eigenvalue weighted by atomic mass is 9.66. The lowest BCUT2D eigenvalue weighted by Gasteiger charge is -2.36. The van der Waals surface area contributed by atoms with Crippen molar-refractivity contribution in [2.24, 2.45) is 0 Å². The molecule has 0 spiro atoms. The first kappa shape index (κ1) is 41.8. The molecule has 3 heterocycles. The number of hydrogen-bond acceptors (Lipinski definition) is 3. The fraction of sp³-hybridized carbons (Fsp3) is 0.242. The van der Waals surface area contributed by atoms with Gasteiger partial charge in [0.2, 0.25) is 0 Å². The highest BCUT2D eigenvalue weighted by Gasteiger charge is 2.47. The quantitative estimate of drug-likeness (QED) is 0.166. The van der Waals surface area contributed by atoms with E-state index in [2.05, 4.69) is 247 Å². The van der Waals surface area contributed by atoms with Crippen LogP contribution < -0.4 is 9.80 Å². The summed E-state index contributed by atoms with van der Waals surface area (Å²) < 4.78 is 2.43. The number of anilines is 3. The largest absolute Gasteiger partial charge is 0.347 e. The Morgan fingerprint density at radius 1 is 0.485 bits per heavy atom. The van der Waals surface area contributed by atoms with E-state index in [-0.39, 0.29) is 16.2 Å². The zero-order valence-electron chi connectivity index (χ0n) is 39.9. The number of aromatic nitrogens is 2. The molecule has 0 N–H and O–H groups in total. The van der Waals surface area contributed by atoms with Crippen LogP contribution in [0.15, 0.2) is 176 Å². The average Bonchev–Trinajstić information content (AvgIpc) is 3.94. The number of fused-ring (bicyclic) bond motifs is 7. The van der Waals surface area contributed by atoms with Gasteiger partial charge in [-0.3, -0.25) is 4.57 Å². The second kappa shape index (κ2) is 15.1. The summed E-state index contributed by atoms with van der Waals surface area (Å²) in [6.45, 7) is 22.4. The maximum Gasteiger partial charge on any atom is 0.137 e. The molecular weight excluding hydrogens is 801 g/mol. The Hall–Kier alpha value is -6.91. The minimum Gasteiger partial charge on any atom is -0.347 e. The molecule has 0 bridgehead atoms. The monoisotopic (exact) mass is 860 g/mol. The van der Waals surface area contributed by atoms with Crippen molar-refractivity contribution in [2.45, 2.75) is 90.5 Å². The standard InChI is InChI=1S/C62H60N4/c1-59(2,3)42-28-30-54-51(36-42)50-29-27-44(37-57(50)66(54)58-38-43(31-32-63-58)60(4,5)6)62(52-23-15-13-21-48(52)49-22-14-16-24-53(49)62)46-33-45(61(7,8)9)34-47(35-46)65-40-64(39-41-19-11-10-12-20-41)55-25-17-18-26-56(55)65/h10-38H,39-40H2,1-9H3. The van der Waals surface area contributed by atoms with Crippen molar-refractivity contribution < 1.29 is 0 Å². The summed E-state index contributed by atoms with van der Waals surface area (Å²) in [5.74, 6) is 0.939. The van der Waals surface area contributed by atoms with Gasteiger partial charge in [-0.15, -0.1) is 0 Å². The minimum atomic E-state index is -0.640. The molecule has 11 rings (SSSR count). The van der Waals surface area contributed by atoms with E-state index < -0.39 is 5.41 Å². The van der Waals surface area contributed by atoms with Gasteiger partial charge >= 0.3 is 0 Å². The minimum absolute atomic E-state index is 0.00150. The Balaban J connectivity index is 1.20. The van der Waals surface area contributed by atoms with Crippen molar-refractivity contribution in [1.29, 1.82) is 0 Å². The molecule has 2 aliphatic rings. The number of benzene rings is 7. The predicted molar refractivity (Wildman–Crippen MR) is 278 cm³/mol. The van der Waals surface area contributed by atoms with E-state index in [1.54, 1.807) is 0 Å². The first-order valence-corrected chi connectivity index (χ1v) is 23.7. The van der Waals surface area contributed by atoms with Crippen molar-refractivity contribution in [3.05, 3.63) is 221 Å². The number of nitrogens with zero attached hydrogens (tertiary/aromatic N) is 4. The molecule has 0 saturated carbocycles. The third-order valence-electron chi connectivity index (χ3n) is 14.4. The van der Waals surface area contributed by atoms with Gasteiger partial charge in [0.25, 0.3) is 0 Å². The Labute approximate surface area is 391 Å². The summed E-state index contributed by atoms with van der Waals surface area (Å²) in [6.07, 6.45) is 1.99. The Morgan fingerprint density at radius 3 is 1.79 bits per heavy atom. The SMILES string of the molecule is CC(C)(C)c1cc(N2CN(Cc3ccccc3)c3ccccc32)cc(C2(c3ccc4c5cc(C(C)(C)C)ccc5n(-c5cc(C(C)(C)C)ccn5)c4c3)c3ccccc3-c3ccccc32)c1. The van der Waals surface area contributed by atoms with E-state index in [9.17, 15) is 0 Å². The Morgan fingerprint density at radius 2 is 1.11 bits per heavy atom. The number of para-hydroxylation sites is 2. The molecule has 4 heteroatoms. The van der Waals surface area contributed by atoms with Crippen LogP contribution in [-0.4, -0.2) is 16.2 Å². The van der Waals surface area contributed by atoms with Crippen LogP contribution in [0.5, 0.6) is 0 Å². The molecule has 328 valence electrons. The summed E-state index contributed by atoms with van der Waals surface area (Å²) in [5.41, 5.74) is 18.1. The van der Waals surface area contributed by atoms with Gasteiger partial charge in [0, 0.05) is 29.2 Å². The molecule has 7 aromatic carbocycles. The second-order valence-electron chi connectivity index (χ2n) is 21.8. The van der Waals surface area contributed by atoms with Gasteiger partial charge in [0.1, 0.15) is 5.82 Å². The van der Waals surface area contributed by atoms with E-state index in [1.807, 2.05) is 6.20 Å². The van der Waals surface area contributed by atoms with E-state index in [0.717, 1.165) is 24.5 Å². The van der Waals surface area contributed by atoms with Crippen LogP contribution in [0.3, 0.4) is 0 Å². The molecule has 9 aromatic rings. The van der Waals surface area contributed by atoms with Crippen molar-refractivity contribution in [3.8, 4) is 16.9 Å². The topological polar surface area (TPSA) is 24.3 Å². The molecule has 0 atom stereocenters. The van der Waals surface area contributed by atoms with Gasteiger partial charge in [-0.05, 0) is 126 Å². The van der Waals surface area contributed by atoms with Crippen LogP contribution in [0.1, 0.15) is 107 Å². The van der Waals surface area contributed by atoms with Gasteiger partial charge in [0.05, 0.1) is 34.5 Å². The third-order valence-corrected chi connectivity index (χ3v) is 14.4. The van der Waals surface area contributed by atoms with Crippen LogP contribution in [0, 0.1) is 0 Å². The van der Waals surface area contributed by atoms with E-state index >= 15 is 0 Å². The first-order chi connectivity index (χ1) is 31.6. The molecule has 0 unspecified atom stereocenters. The van der Waals surface area contributed by atoms with Crippen LogP contribution in [0.25, 0.3) is 38.8 Å². The summed E-state index contributed by atoms with van der Waals surface area (Å²) >= 11 is 0. The van der Waals surface area contributed by atoms with Crippen molar-refractivity contribution in [1.82, 2.24) is 9.55 Å². The van der Waals surface area contributed by atoms with E-state index in [0.29, 0.717) is 0 Å². The zero-order chi connectivity index (χ0) is 45.8. The molecule has 0 fully saturated rings. The highest BCUT2D eigenvalue weighted by atomic mass is 15.4. The molecule has 1 aliphatic carbocycles. The van der Waals surface area contributed by atoms with Crippen LogP contribution >= 0.6 is 0 Å².